The van der Waals surface area contributed by atoms with Crippen LogP contribution in [0.3, 0.4) is 0 Å². The number of rotatable bonds is 7. The summed E-state index contributed by atoms with van der Waals surface area (Å²) in [7, 11) is 5.65. The zero-order chi connectivity index (χ0) is 21.8. The highest BCUT2D eigenvalue weighted by molar-refractivity contribution is 6.30. The van der Waals surface area contributed by atoms with Crippen LogP contribution in [-0.2, 0) is 9.59 Å². The lowest BCUT2D eigenvalue weighted by atomic mass is 9.92. The van der Waals surface area contributed by atoms with Gasteiger partial charge >= 0.3 is 0 Å². The lowest BCUT2D eigenvalue weighted by molar-refractivity contribution is -0.128. The molecule has 1 heterocycles. The Labute approximate surface area is 181 Å². The van der Waals surface area contributed by atoms with Crippen LogP contribution >= 0.6 is 11.6 Å². The van der Waals surface area contributed by atoms with E-state index >= 15 is 0 Å². The van der Waals surface area contributed by atoms with Gasteiger partial charge in [0.1, 0.15) is 5.82 Å². The number of likely N-dealkylation sites (tertiary alicyclic amines) is 1. The minimum absolute atomic E-state index is 0.0965. The topological polar surface area (TPSA) is 52.7 Å². The Bertz CT molecular complexity index is 886. The lowest BCUT2D eigenvalue weighted by Gasteiger charge is -2.27. The predicted octanol–water partition coefficient (Wildman–Crippen LogP) is 3.81. The highest BCUT2D eigenvalue weighted by atomic mass is 35.5. The summed E-state index contributed by atoms with van der Waals surface area (Å²) in [6, 6.07) is 12.8. The van der Waals surface area contributed by atoms with Crippen molar-refractivity contribution < 1.29 is 14.0 Å². The van der Waals surface area contributed by atoms with Crippen LogP contribution in [0, 0.1) is 11.7 Å². The number of carbonyl (C=O) groups is 2. The number of nitrogens with one attached hydrogen (secondary N) is 1. The normalized spacial score (nSPS) is 19.9. The van der Waals surface area contributed by atoms with E-state index in [9.17, 15) is 14.0 Å². The third-order valence-electron chi connectivity index (χ3n) is 5.59. The van der Waals surface area contributed by atoms with Crippen LogP contribution in [0.2, 0.25) is 5.02 Å². The molecule has 5 nitrogen and oxygen atoms in total. The third kappa shape index (κ3) is 5.18. The molecule has 2 amide bonds. The number of amides is 2. The Kier molecular flexibility index (Phi) is 7.10. The van der Waals surface area contributed by atoms with Gasteiger partial charge in [0.15, 0.2) is 0 Å². The van der Waals surface area contributed by atoms with Gasteiger partial charge in [0.05, 0.1) is 18.0 Å². The van der Waals surface area contributed by atoms with E-state index in [4.69, 9.17) is 11.6 Å². The van der Waals surface area contributed by atoms with Gasteiger partial charge in [0.25, 0.3) is 0 Å². The highest BCUT2D eigenvalue weighted by Gasteiger charge is 2.43. The molecule has 2 aromatic carbocycles. The second-order valence-electron chi connectivity index (χ2n) is 8.02. The van der Waals surface area contributed by atoms with Gasteiger partial charge in [0.2, 0.25) is 11.8 Å². The molecule has 160 valence electrons. The molecule has 0 aliphatic carbocycles. The molecule has 0 bridgehead atoms. The number of hydrogen-bond donors (Lipinski definition) is 1. The molecule has 0 radical (unpaired) electrons. The first kappa shape index (κ1) is 22.2. The van der Waals surface area contributed by atoms with E-state index in [0.29, 0.717) is 5.02 Å². The molecular formula is C23H27ClFN3O2. The summed E-state index contributed by atoms with van der Waals surface area (Å²) in [5.41, 5.74) is 1.71. The lowest BCUT2D eigenvalue weighted by Crippen LogP contribution is -2.37. The number of hydrogen-bond acceptors (Lipinski definition) is 3. The van der Waals surface area contributed by atoms with E-state index in [1.54, 1.807) is 36.2 Å². The Morgan fingerprint density at radius 2 is 1.83 bits per heavy atom. The van der Waals surface area contributed by atoms with Crippen molar-refractivity contribution in [2.45, 2.75) is 24.9 Å². The molecule has 0 spiro atoms. The number of benzene rings is 2. The minimum atomic E-state index is -0.540. The number of nitrogens with zero attached hydrogens (tertiary/aromatic N) is 2. The van der Waals surface area contributed by atoms with Crippen molar-refractivity contribution >= 4 is 23.4 Å². The van der Waals surface area contributed by atoms with E-state index in [-0.39, 0.29) is 30.1 Å². The predicted molar refractivity (Wildman–Crippen MR) is 116 cm³/mol. The fourth-order valence-electron chi connectivity index (χ4n) is 3.90. The van der Waals surface area contributed by atoms with Crippen molar-refractivity contribution in [3.63, 3.8) is 0 Å². The summed E-state index contributed by atoms with van der Waals surface area (Å²) >= 11 is 6.02. The Balaban J connectivity index is 1.82. The SMILES string of the molecule is CN(C)CCC(NC(=O)C1CC(=O)N(C)C1c1ccc(F)cc1)c1ccc(Cl)cc1. The van der Waals surface area contributed by atoms with Gasteiger partial charge < -0.3 is 15.1 Å². The Morgan fingerprint density at radius 3 is 2.43 bits per heavy atom. The molecule has 1 fully saturated rings. The second-order valence-corrected chi connectivity index (χ2v) is 8.45. The van der Waals surface area contributed by atoms with Gasteiger partial charge in [-0.2, -0.15) is 0 Å². The number of carbonyl (C=O) groups excluding carboxylic acids is 2. The summed E-state index contributed by atoms with van der Waals surface area (Å²) in [6.07, 6.45) is 0.851. The molecule has 0 aromatic heterocycles. The first-order valence-electron chi connectivity index (χ1n) is 9.98. The van der Waals surface area contributed by atoms with Gasteiger partial charge in [-0.3, -0.25) is 9.59 Å². The zero-order valence-electron chi connectivity index (χ0n) is 17.4. The van der Waals surface area contributed by atoms with E-state index in [1.165, 1.54) is 12.1 Å². The summed E-state index contributed by atoms with van der Waals surface area (Å²) in [6.45, 7) is 0.790. The molecular weight excluding hydrogens is 405 g/mol. The van der Waals surface area contributed by atoms with Crippen LogP contribution in [-0.4, -0.2) is 49.3 Å². The van der Waals surface area contributed by atoms with E-state index in [2.05, 4.69) is 10.2 Å². The summed E-state index contributed by atoms with van der Waals surface area (Å²) in [4.78, 5) is 29.3. The maximum atomic E-state index is 13.4. The van der Waals surface area contributed by atoms with Crippen LogP contribution in [0.25, 0.3) is 0 Å². The van der Waals surface area contributed by atoms with Gasteiger partial charge in [-0.1, -0.05) is 35.9 Å². The van der Waals surface area contributed by atoms with Crippen LogP contribution < -0.4 is 5.32 Å². The van der Waals surface area contributed by atoms with Crippen molar-refractivity contribution in [3.05, 3.63) is 70.5 Å². The van der Waals surface area contributed by atoms with Crippen molar-refractivity contribution in [2.24, 2.45) is 5.92 Å². The van der Waals surface area contributed by atoms with Crippen LogP contribution in [0.4, 0.5) is 4.39 Å². The smallest absolute Gasteiger partial charge is 0.226 e. The fraction of sp³-hybridized carbons (Fsp3) is 0.391. The highest BCUT2D eigenvalue weighted by Crippen LogP contribution is 2.37. The first-order chi connectivity index (χ1) is 14.3. The fourth-order valence-corrected chi connectivity index (χ4v) is 4.03. The summed E-state index contributed by atoms with van der Waals surface area (Å²) in [5, 5.41) is 3.78. The zero-order valence-corrected chi connectivity index (χ0v) is 18.2. The maximum absolute atomic E-state index is 13.4. The van der Waals surface area contributed by atoms with Crippen LogP contribution in [0.5, 0.6) is 0 Å². The average molecular weight is 432 g/mol. The average Bonchev–Trinajstić information content (AvgIpc) is 3.01. The van der Waals surface area contributed by atoms with Gasteiger partial charge in [-0.05, 0) is 62.5 Å². The van der Waals surface area contributed by atoms with Gasteiger partial charge in [-0.15, -0.1) is 0 Å². The van der Waals surface area contributed by atoms with Crippen molar-refractivity contribution in [3.8, 4) is 0 Å². The molecule has 3 atom stereocenters. The summed E-state index contributed by atoms with van der Waals surface area (Å²) < 4.78 is 13.4. The molecule has 30 heavy (non-hydrogen) atoms. The van der Waals surface area contributed by atoms with Gasteiger partial charge in [0, 0.05) is 18.5 Å². The van der Waals surface area contributed by atoms with Gasteiger partial charge in [-0.25, -0.2) is 4.39 Å². The molecule has 1 aliphatic heterocycles. The number of halogens is 2. The molecule has 0 saturated carbocycles. The second kappa shape index (κ2) is 9.58. The maximum Gasteiger partial charge on any atom is 0.226 e. The molecule has 7 heteroatoms. The quantitative estimate of drug-likeness (QED) is 0.725. The van der Waals surface area contributed by atoms with E-state index < -0.39 is 12.0 Å². The Morgan fingerprint density at radius 1 is 1.20 bits per heavy atom. The molecule has 3 unspecified atom stereocenters. The van der Waals surface area contributed by atoms with E-state index in [0.717, 1.165) is 24.1 Å². The summed E-state index contributed by atoms with van der Waals surface area (Å²) in [5.74, 6) is -1.16. The van der Waals surface area contributed by atoms with Crippen molar-refractivity contribution in [1.29, 1.82) is 0 Å². The third-order valence-corrected chi connectivity index (χ3v) is 5.84. The van der Waals surface area contributed by atoms with Crippen LogP contribution in [0.15, 0.2) is 48.5 Å². The molecule has 1 saturated heterocycles. The molecule has 2 aromatic rings. The van der Waals surface area contributed by atoms with Crippen molar-refractivity contribution in [1.82, 2.24) is 15.1 Å². The minimum Gasteiger partial charge on any atom is -0.349 e. The standard InChI is InChI=1S/C23H27ClFN3O2/c1-27(2)13-12-20(15-4-8-17(24)9-5-15)26-23(30)19-14-21(29)28(3)22(19)16-6-10-18(25)11-7-16/h4-11,19-20,22H,12-14H2,1-3H3,(H,26,30). The Hall–Kier alpha value is -2.44. The first-order valence-corrected chi connectivity index (χ1v) is 10.4. The van der Waals surface area contributed by atoms with Crippen LogP contribution in [0.1, 0.15) is 36.1 Å². The van der Waals surface area contributed by atoms with Crippen molar-refractivity contribution in [2.75, 3.05) is 27.7 Å². The largest absolute Gasteiger partial charge is 0.349 e. The van der Waals surface area contributed by atoms with E-state index in [1.807, 2.05) is 26.2 Å². The molecule has 1 aliphatic rings. The monoisotopic (exact) mass is 431 g/mol. The molecule has 1 N–H and O–H groups in total. The molecule has 3 rings (SSSR count).